The lowest BCUT2D eigenvalue weighted by Gasteiger charge is -2.19. The molecule has 0 spiro atoms. The van der Waals surface area contributed by atoms with Crippen LogP contribution in [-0.2, 0) is 4.79 Å². The van der Waals surface area contributed by atoms with Crippen LogP contribution in [0, 0.1) is 31.1 Å². The Labute approximate surface area is 188 Å². The number of benzene rings is 2. The van der Waals surface area contributed by atoms with Crippen molar-refractivity contribution in [2.24, 2.45) is 11.7 Å². The number of hydrogen-bond acceptors (Lipinski definition) is 5. The van der Waals surface area contributed by atoms with Crippen LogP contribution in [0.1, 0.15) is 28.3 Å². The minimum atomic E-state index is -1.19. The van der Waals surface area contributed by atoms with Crippen molar-refractivity contribution in [2.75, 3.05) is 0 Å². The Hall–Kier alpha value is -3.96. The smallest absolute Gasteiger partial charge is 0.277 e. The van der Waals surface area contributed by atoms with E-state index in [0.717, 1.165) is 16.0 Å². The van der Waals surface area contributed by atoms with E-state index in [1.165, 1.54) is 16.0 Å². The summed E-state index contributed by atoms with van der Waals surface area (Å²) >= 11 is 1.37. The third-order valence-corrected chi connectivity index (χ3v) is 6.42. The molecule has 2 aromatic heterocycles. The van der Waals surface area contributed by atoms with Gasteiger partial charge >= 0.3 is 0 Å². The normalized spacial score (nSPS) is 12.8. The molecule has 0 bridgehead atoms. The highest BCUT2D eigenvalue weighted by atomic mass is 32.1. The number of thiazole rings is 1. The summed E-state index contributed by atoms with van der Waals surface area (Å²) in [6.45, 7) is 3.77. The summed E-state index contributed by atoms with van der Waals surface area (Å²) in [6.07, 6.45) is 1.73. The summed E-state index contributed by atoms with van der Waals surface area (Å²) in [5.41, 5.74) is 8.89. The molecule has 32 heavy (non-hydrogen) atoms. The minimum absolute atomic E-state index is 0.327. The average molecular weight is 444 g/mol. The minimum Gasteiger partial charge on any atom is -0.369 e. The highest BCUT2D eigenvalue weighted by Crippen LogP contribution is 2.33. The standard InChI is InChI=1S/C24H21N5O2S/c1-14-8-10-16(11-9-14)19-13-27-24(32-19)29-23(31)20(15(2)28-29)21(18(12-25)22(26)30)17-6-4-3-5-7-17/h3-11,13,18,21,28H,1-2H3,(H2,26,30)/t18-,21+/m0/s1. The molecule has 0 unspecified atom stereocenters. The van der Waals surface area contributed by atoms with E-state index in [4.69, 9.17) is 5.73 Å². The van der Waals surface area contributed by atoms with Crippen LogP contribution in [0.3, 0.4) is 0 Å². The van der Waals surface area contributed by atoms with E-state index in [-0.39, 0.29) is 5.56 Å². The van der Waals surface area contributed by atoms with Crippen LogP contribution in [0.2, 0.25) is 0 Å². The molecule has 0 aliphatic rings. The quantitative estimate of drug-likeness (QED) is 0.473. The monoisotopic (exact) mass is 443 g/mol. The second-order valence-electron chi connectivity index (χ2n) is 7.56. The summed E-state index contributed by atoms with van der Waals surface area (Å²) < 4.78 is 1.36. The SMILES string of the molecule is Cc1ccc(-c2cnc(-n3[nH]c(C)c([C@H](c4ccccc4)[C@H](C#N)C(N)=O)c3=O)s2)cc1. The molecule has 0 aliphatic carbocycles. The van der Waals surface area contributed by atoms with Crippen molar-refractivity contribution in [3.8, 4) is 21.6 Å². The Morgan fingerprint density at radius 1 is 1.16 bits per heavy atom. The highest BCUT2D eigenvalue weighted by molar-refractivity contribution is 7.17. The molecule has 3 N–H and O–H groups in total. The van der Waals surface area contributed by atoms with Gasteiger partial charge in [-0.3, -0.25) is 14.7 Å². The van der Waals surface area contributed by atoms with E-state index >= 15 is 0 Å². The molecular formula is C24H21N5O2S. The van der Waals surface area contributed by atoms with Crippen LogP contribution in [0.4, 0.5) is 0 Å². The number of amides is 1. The van der Waals surface area contributed by atoms with Crippen LogP contribution >= 0.6 is 11.3 Å². The van der Waals surface area contributed by atoms with Gasteiger partial charge in [-0.15, -0.1) is 0 Å². The number of primary amides is 1. The van der Waals surface area contributed by atoms with Crippen LogP contribution < -0.4 is 11.3 Å². The first-order valence-corrected chi connectivity index (χ1v) is 10.8. The molecular weight excluding hydrogens is 422 g/mol. The van der Waals surface area contributed by atoms with Crippen molar-refractivity contribution in [1.29, 1.82) is 5.26 Å². The third-order valence-electron chi connectivity index (χ3n) is 5.39. The molecule has 160 valence electrons. The van der Waals surface area contributed by atoms with Crippen molar-refractivity contribution >= 4 is 17.2 Å². The zero-order valence-corrected chi connectivity index (χ0v) is 18.4. The molecule has 2 heterocycles. The van der Waals surface area contributed by atoms with Gasteiger partial charge in [0.15, 0.2) is 0 Å². The van der Waals surface area contributed by atoms with E-state index in [1.807, 2.05) is 43.3 Å². The Bertz CT molecular complexity index is 1360. The molecule has 8 heteroatoms. The molecule has 0 radical (unpaired) electrons. The summed E-state index contributed by atoms with van der Waals surface area (Å²) in [5, 5.41) is 13.2. The molecule has 2 atom stereocenters. The van der Waals surface area contributed by atoms with Gasteiger partial charge in [0.05, 0.1) is 10.9 Å². The maximum atomic E-state index is 13.5. The molecule has 1 amide bonds. The van der Waals surface area contributed by atoms with Crippen LogP contribution in [0.15, 0.2) is 65.6 Å². The van der Waals surface area contributed by atoms with Crippen LogP contribution in [0.5, 0.6) is 0 Å². The second kappa shape index (κ2) is 8.65. The van der Waals surface area contributed by atoms with Gasteiger partial charge in [0.25, 0.3) is 5.56 Å². The molecule has 0 fully saturated rings. The predicted octanol–water partition coefficient (Wildman–Crippen LogP) is 3.66. The van der Waals surface area contributed by atoms with Crippen molar-refractivity contribution in [3.63, 3.8) is 0 Å². The first-order chi connectivity index (χ1) is 15.4. The van der Waals surface area contributed by atoms with Gasteiger partial charge in [0, 0.05) is 23.4 Å². The Morgan fingerprint density at radius 3 is 2.47 bits per heavy atom. The molecule has 4 rings (SSSR count). The zero-order chi connectivity index (χ0) is 22.8. The number of rotatable bonds is 6. The number of aromatic amines is 1. The molecule has 0 saturated heterocycles. The zero-order valence-electron chi connectivity index (χ0n) is 17.6. The topological polar surface area (TPSA) is 118 Å². The molecule has 4 aromatic rings. The Morgan fingerprint density at radius 2 is 1.84 bits per heavy atom. The van der Waals surface area contributed by atoms with E-state index in [0.29, 0.717) is 22.0 Å². The molecule has 7 nitrogen and oxygen atoms in total. The lowest BCUT2D eigenvalue weighted by Crippen LogP contribution is -2.31. The number of aryl methyl sites for hydroxylation is 2. The fourth-order valence-electron chi connectivity index (χ4n) is 3.77. The molecule has 2 aromatic carbocycles. The fraction of sp³-hybridized carbons (Fsp3) is 0.167. The van der Waals surface area contributed by atoms with E-state index in [2.05, 4.69) is 10.1 Å². The van der Waals surface area contributed by atoms with Crippen LogP contribution in [0.25, 0.3) is 15.6 Å². The number of H-pyrrole nitrogens is 1. The number of carbonyl (C=O) groups excluding carboxylic acids is 1. The van der Waals surface area contributed by atoms with Gasteiger partial charge in [0.1, 0.15) is 5.92 Å². The fourth-order valence-corrected chi connectivity index (χ4v) is 4.65. The summed E-state index contributed by atoms with van der Waals surface area (Å²) in [5.74, 6) is -2.75. The molecule has 0 saturated carbocycles. The number of hydrogen-bond donors (Lipinski definition) is 2. The highest BCUT2D eigenvalue weighted by Gasteiger charge is 2.34. The number of carbonyl (C=O) groups is 1. The lowest BCUT2D eigenvalue weighted by molar-refractivity contribution is -0.120. The largest absolute Gasteiger partial charge is 0.369 e. The number of nitrogens with two attached hydrogens (primary N) is 1. The van der Waals surface area contributed by atoms with Gasteiger partial charge in [-0.05, 0) is 25.0 Å². The maximum absolute atomic E-state index is 13.5. The van der Waals surface area contributed by atoms with Crippen LogP contribution in [-0.4, -0.2) is 20.7 Å². The van der Waals surface area contributed by atoms with Gasteiger partial charge in [0.2, 0.25) is 11.0 Å². The predicted molar refractivity (Wildman–Crippen MR) is 124 cm³/mol. The lowest BCUT2D eigenvalue weighted by atomic mass is 9.81. The van der Waals surface area contributed by atoms with E-state index in [9.17, 15) is 14.9 Å². The first kappa shape index (κ1) is 21.3. The average Bonchev–Trinajstić information content (AvgIpc) is 3.38. The molecule has 0 aliphatic heterocycles. The van der Waals surface area contributed by atoms with E-state index < -0.39 is 17.7 Å². The van der Waals surface area contributed by atoms with Crippen molar-refractivity contribution < 1.29 is 4.79 Å². The van der Waals surface area contributed by atoms with Gasteiger partial charge in [-0.25, -0.2) is 4.98 Å². The number of nitriles is 1. The van der Waals surface area contributed by atoms with Crippen molar-refractivity contribution in [1.82, 2.24) is 14.8 Å². The number of nitrogens with zero attached hydrogens (tertiary/aromatic N) is 3. The first-order valence-electron chi connectivity index (χ1n) is 9.99. The van der Waals surface area contributed by atoms with E-state index in [1.54, 1.807) is 37.4 Å². The number of aromatic nitrogens is 3. The maximum Gasteiger partial charge on any atom is 0.277 e. The third kappa shape index (κ3) is 3.86. The summed E-state index contributed by atoms with van der Waals surface area (Å²) in [6, 6.07) is 19.0. The second-order valence-corrected chi connectivity index (χ2v) is 8.57. The van der Waals surface area contributed by atoms with Gasteiger partial charge in [-0.2, -0.15) is 9.94 Å². The van der Waals surface area contributed by atoms with Crippen molar-refractivity contribution in [2.45, 2.75) is 19.8 Å². The summed E-state index contributed by atoms with van der Waals surface area (Å²) in [7, 11) is 0. The van der Waals surface area contributed by atoms with Gasteiger partial charge in [-0.1, -0.05) is 71.5 Å². The summed E-state index contributed by atoms with van der Waals surface area (Å²) in [4.78, 5) is 30.9. The van der Waals surface area contributed by atoms with Gasteiger partial charge < -0.3 is 5.73 Å². The van der Waals surface area contributed by atoms with Crippen molar-refractivity contribution in [3.05, 3.63) is 93.5 Å². The number of nitrogens with one attached hydrogen (secondary N) is 1. The Balaban J connectivity index is 1.82. The Kier molecular flexibility index (Phi) is 5.75.